The second-order valence-corrected chi connectivity index (χ2v) is 5.48. The van der Waals surface area contributed by atoms with Crippen LogP contribution in [0.2, 0.25) is 0 Å². The standard InChI is InChI=1S/C13H24N2O3S/c1-18-11(16)10(9-19)15-12(17)13(7-8-14)5-3-2-4-6-13/h10,19H,2-9,14H2,1H3,(H,15,17). The number of nitrogens with one attached hydrogen (secondary N) is 1. The van der Waals surface area contributed by atoms with Crippen LogP contribution in [0.15, 0.2) is 0 Å². The van der Waals surface area contributed by atoms with Crippen molar-refractivity contribution in [3.63, 3.8) is 0 Å². The summed E-state index contributed by atoms with van der Waals surface area (Å²) in [5.41, 5.74) is 5.23. The average molecular weight is 288 g/mol. The zero-order chi connectivity index (χ0) is 14.3. The van der Waals surface area contributed by atoms with Crippen molar-refractivity contribution in [2.75, 3.05) is 19.4 Å². The molecule has 1 atom stereocenters. The second-order valence-electron chi connectivity index (χ2n) is 5.11. The SMILES string of the molecule is COC(=O)C(CS)NC(=O)C1(CCN)CCCCC1. The van der Waals surface area contributed by atoms with Gasteiger partial charge in [-0.15, -0.1) is 0 Å². The fourth-order valence-corrected chi connectivity index (χ4v) is 2.97. The third kappa shape index (κ3) is 4.11. The van der Waals surface area contributed by atoms with Crippen molar-refractivity contribution in [3.05, 3.63) is 0 Å². The van der Waals surface area contributed by atoms with E-state index in [0.717, 1.165) is 32.1 Å². The second kappa shape index (κ2) is 7.75. The van der Waals surface area contributed by atoms with E-state index >= 15 is 0 Å². The van der Waals surface area contributed by atoms with Gasteiger partial charge in [-0.1, -0.05) is 19.3 Å². The van der Waals surface area contributed by atoms with E-state index in [-0.39, 0.29) is 11.7 Å². The molecule has 0 heterocycles. The zero-order valence-electron chi connectivity index (χ0n) is 11.5. The number of rotatable bonds is 6. The summed E-state index contributed by atoms with van der Waals surface area (Å²) in [7, 11) is 1.31. The highest BCUT2D eigenvalue weighted by molar-refractivity contribution is 7.80. The van der Waals surface area contributed by atoms with Gasteiger partial charge in [0.05, 0.1) is 12.5 Å². The molecule has 3 N–H and O–H groups in total. The summed E-state index contributed by atoms with van der Waals surface area (Å²) in [6.45, 7) is 0.483. The molecule has 0 aromatic carbocycles. The number of carbonyl (C=O) groups is 2. The number of carbonyl (C=O) groups excluding carboxylic acids is 2. The van der Waals surface area contributed by atoms with Crippen molar-refractivity contribution < 1.29 is 14.3 Å². The van der Waals surface area contributed by atoms with E-state index in [2.05, 4.69) is 22.7 Å². The van der Waals surface area contributed by atoms with E-state index in [9.17, 15) is 9.59 Å². The lowest BCUT2D eigenvalue weighted by atomic mass is 9.71. The molecular formula is C13H24N2O3S. The first-order valence-corrected chi connectivity index (χ1v) is 7.42. The molecular weight excluding hydrogens is 264 g/mol. The molecule has 19 heavy (non-hydrogen) atoms. The van der Waals surface area contributed by atoms with E-state index in [1.54, 1.807) is 0 Å². The number of esters is 1. The van der Waals surface area contributed by atoms with Gasteiger partial charge in [0, 0.05) is 5.75 Å². The molecule has 0 aromatic rings. The normalized spacial score (nSPS) is 19.5. The quantitative estimate of drug-likeness (QED) is 0.500. The molecule has 0 radical (unpaired) electrons. The van der Waals surface area contributed by atoms with Crippen molar-refractivity contribution in [2.45, 2.75) is 44.6 Å². The Hall–Kier alpha value is -0.750. The van der Waals surface area contributed by atoms with Crippen LogP contribution >= 0.6 is 12.6 Å². The molecule has 0 aromatic heterocycles. The molecule has 1 unspecified atom stereocenters. The third-order valence-corrected chi connectivity index (χ3v) is 4.25. The Kier molecular flexibility index (Phi) is 6.65. The topological polar surface area (TPSA) is 81.4 Å². The zero-order valence-corrected chi connectivity index (χ0v) is 12.4. The van der Waals surface area contributed by atoms with Gasteiger partial charge in [-0.3, -0.25) is 4.79 Å². The van der Waals surface area contributed by atoms with Crippen molar-refractivity contribution in [3.8, 4) is 0 Å². The van der Waals surface area contributed by atoms with Crippen LogP contribution in [0.1, 0.15) is 38.5 Å². The van der Waals surface area contributed by atoms with Crippen molar-refractivity contribution in [2.24, 2.45) is 11.1 Å². The molecule has 0 spiro atoms. The largest absolute Gasteiger partial charge is 0.467 e. The van der Waals surface area contributed by atoms with Crippen LogP contribution < -0.4 is 11.1 Å². The highest BCUT2D eigenvalue weighted by Crippen LogP contribution is 2.39. The first kappa shape index (κ1) is 16.3. The molecule has 5 nitrogen and oxygen atoms in total. The fourth-order valence-electron chi connectivity index (χ4n) is 2.73. The Morgan fingerprint density at radius 3 is 2.47 bits per heavy atom. The van der Waals surface area contributed by atoms with E-state index in [1.807, 2.05) is 0 Å². The Balaban J connectivity index is 2.73. The van der Waals surface area contributed by atoms with E-state index in [0.29, 0.717) is 13.0 Å². The highest BCUT2D eigenvalue weighted by Gasteiger charge is 2.40. The Bertz CT molecular complexity index is 312. The van der Waals surface area contributed by atoms with Gasteiger partial charge in [0.2, 0.25) is 5.91 Å². The third-order valence-electron chi connectivity index (χ3n) is 3.89. The maximum Gasteiger partial charge on any atom is 0.329 e. The highest BCUT2D eigenvalue weighted by atomic mass is 32.1. The minimum atomic E-state index is -0.683. The van der Waals surface area contributed by atoms with Gasteiger partial charge in [0.25, 0.3) is 0 Å². The average Bonchev–Trinajstić information content (AvgIpc) is 2.44. The smallest absolute Gasteiger partial charge is 0.329 e. The van der Waals surface area contributed by atoms with E-state index < -0.39 is 17.4 Å². The van der Waals surface area contributed by atoms with Crippen LogP contribution in [0, 0.1) is 5.41 Å². The van der Waals surface area contributed by atoms with Gasteiger partial charge in [0.15, 0.2) is 0 Å². The summed E-state index contributed by atoms with van der Waals surface area (Å²) >= 11 is 4.09. The van der Waals surface area contributed by atoms with Crippen molar-refractivity contribution >= 4 is 24.5 Å². The molecule has 1 fully saturated rings. The number of amides is 1. The van der Waals surface area contributed by atoms with Gasteiger partial charge in [-0.25, -0.2) is 4.79 Å². The van der Waals surface area contributed by atoms with Gasteiger partial charge in [-0.05, 0) is 25.8 Å². The van der Waals surface area contributed by atoms with Gasteiger partial charge < -0.3 is 15.8 Å². The lowest BCUT2D eigenvalue weighted by molar-refractivity contribution is -0.146. The molecule has 6 heteroatoms. The van der Waals surface area contributed by atoms with Crippen LogP contribution in [0.4, 0.5) is 0 Å². The number of nitrogens with two attached hydrogens (primary N) is 1. The molecule has 1 aliphatic carbocycles. The number of hydrogen-bond acceptors (Lipinski definition) is 5. The molecule has 1 rings (SSSR count). The van der Waals surface area contributed by atoms with E-state index in [1.165, 1.54) is 7.11 Å². The molecule has 110 valence electrons. The predicted molar refractivity (Wildman–Crippen MR) is 77.0 cm³/mol. The van der Waals surface area contributed by atoms with Crippen LogP contribution in [0.25, 0.3) is 0 Å². The van der Waals surface area contributed by atoms with Gasteiger partial charge >= 0.3 is 5.97 Å². The summed E-state index contributed by atoms with van der Waals surface area (Å²) in [5, 5.41) is 2.77. The first-order valence-electron chi connectivity index (χ1n) is 6.79. The maximum absolute atomic E-state index is 12.5. The Labute approximate surface area is 120 Å². The monoisotopic (exact) mass is 288 g/mol. The lowest BCUT2D eigenvalue weighted by Gasteiger charge is -2.36. The lowest BCUT2D eigenvalue weighted by Crippen LogP contribution is -2.51. The minimum Gasteiger partial charge on any atom is -0.467 e. The van der Waals surface area contributed by atoms with Gasteiger partial charge in [-0.2, -0.15) is 12.6 Å². The number of methoxy groups -OCH3 is 1. The molecule has 0 saturated heterocycles. The fraction of sp³-hybridized carbons (Fsp3) is 0.846. The molecule has 0 aliphatic heterocycles. The summed E-state index contributed by atoms with van der Waals surface area (Å²) in [4.78, 5) is 24.0. The summed E-state index contributed by atoms with van der Waals surface area (Å²) in [6, 6.07) is -0.683. The number of ether oxygens (including phenoxy) is 1. The van der Waals surface area contributed by atoms with Crippen molar-refractivity contribution in [1.82, 2.24) is 5.32 Å². The maximum atomic E-state index is 12.5. The molecule has 1 saturated carbocycles. The van der Waals surface area contributed by atoms with Crippen LogP contribution in [-0.4, -0.2) is 37.3 Å². The molecule has 1 aliphatic rings. The summed E-state index contributed by atoms with van der Waals surface area (Å²) in [5.74, 6) is -0.305. The Morgan fingerprint density at radius 2 is 2.00 bits per heavy atom. The first-order chi connectivity index (χ1) is 9.09. The van der Waals surface area contributed by atoms with E-state index in [4.69, 9.17) is 5.73 Å². The molecule has 1 amide bonds. The number of hydrogen-bond donors (Lipinski definition) is 3. The number of thiol groups is 1. The van der Waals surface area contributed by atoms with Gasteiger partial charge in [0.1, 0.15) is 6.04 Å². The Morgan fingerprint density at radius 1 is 1.37 bits per heavy atom. The van der Waals surface area contributed by atoms with Crippen LogP contribution in [0.3, 0.4) is 0 Å². The minimum absolute atomic E-state index is 0.0814. The predicted octanol–water partition coefficient (Wildman–Crippen LogP) is 0.873. The molecule has 0 bridgehead atoms. The van der Waals surface area contributed by atoms with Crippen molar-refractivity contribution in [1.29, 1.82) is 0 Å². The summed E-state index contributed by atoms with van der Waals surface area (Å²) in [6.07, 6.45) is 5.59. The van der Waals surface area contributed by atoms with Crippen LogP contribution in [0.5, 0.6) is 0 Å². The summed E-state index contributed by atoms with van der Waals surface area (Å²) < 4.78 is 4.66. The van der Waals surface area contributed by atoms with Crippen LogP contribution in [-0.2, 0) is 14.3 Å².